The number of methoxy groups -OCH3 is 1. The van der Waals surface area contributed by atoms with Gasteiger partial charge in [0.25, 0.3) is 5.91 Å². The molecule has 1 amide bonds. The Balaban J connectivity index is 1.63. The summed E-state index contributed by atoms with van der Waals surface area (Å²) in [5, 5.41) is 8.83. The second kappa shape index (κ2) is 7.39. The fraction of sp³-hybridized carbons (Fsp3) is 0.294. The Morgan fingerprint density at radius 1 is 1.39 bits per heavy atom. The van der Waals surface area contributed by atoms with E-state index in [-0.39, 0.29) is 5.91 Å². The third kappa shape index (κ3) is 3.97. The molecule has 0 aliphatic carbocycles. The minimum Gasteiger partial charge on any atom is -0.497 e. The summed E-state index contributed by atoms with van der Waals surface area (Å²) in [5.74, 6) is 0.680. The molecule has 0 spiro atoms. The molecular formula is C17H19N3O2S. The standard InChI is InChI=1S/C17H19N3O2S/c1-22-14-4-2-13(3-5-14)17-20-15(11-23-17)16(21)19-10-12-6-8-18-9-7-12/h2-6,11,18H,7-10H2,1H3,(H,19,21). The molecule has 1 aliphatic rings. The minimum absolute atomic E-state index is 0.125. The van der Waals surface area contributed by atoms with E-state index in [1.54, 1.807) is 12.5 Å². The van der Waals surface area contributed by atoms with Gasteiger partial charge in [-0.3, -0.25) is 4.79 Å². The molecular weight excluding hydrogens is 310 g/mol. The van der Waals surface area contributed by atoms with Crippen LogP contribution in [0.5, 0.6) is 5.75 Å². The zero-order valence-corrected chi connectivity index (χ0v) is 13.8. The van der Waals surface area contributed by atoms with Gasteiger partial charge in [0.05, 0.1) is 7.11 Å². The van der Waals surface area contributed by atoms with Gasteiger partial charge in [0.1, 0.15) is 16.5 Å². The van der Waals surface area contributed by atoms with Crippen molar-refractivity contribution >= 4 is 17.2 Å². The number of hydrogen-bond acceptors (Lipinski definition) is 5. The molecule has 0 saturated heterocycles. The zero-order chi connectivity index (χ0) is 16.1. The fourth-order valence-electron chi connectivity index (χ4n) is 2.36. The third-order valence-corrected chi connectivity index (χ3v) is 4.60. The highest BCUT2D eigenvalue weighted by molar-refractivity contribution is 7.13. The van der Waals surface area contributed by atoms with Crippen molar-refractivity contribution in [2.45, 2.75) is 6.42 Å². The lowest BCUT2D eigenvalue weighted by molar-refractivity contribution is 0.0952. The van der Waals surface area contributed by atoms with Crippen molar-refractivity contribution < 1.29 is 9.53 Å². The summed E-state index contributed by atoms with van der Waals surface area (Å²) in [4.78, 5) is 16.6. The molecule has 2 N–H and O–H groups in total. The van der Waals surface area contributed by atoms with Crippen molar-refractivity contribution in [3.63, 3.8) is 0 Å². The Morgan fingerprint density at radius 2 is 2.22 bits per heavy atom. The van der Waals surface area contributed by atoms with Gasteiger partial charge in [-0.15, -0.1) is 11.3 Å². The zero-order valence-electron chi connectivity index (χ0n) is 13.0. The van der Waals surface area contributed by atoms with Crippen molar-refractivity contribution in [2.24, 2.45) is 0 Å². The van der Waals surface area contributed by atoms with Crippen LogP contribution in [0.15, 0.2) is 41.3 Å². The Morgan fingerprint density at radius 3 is 2.91 bits per heavy atom. The number of aromatic nitrogens is 1. The maximum atomic E-state index is 12.2. The Kier molecular flexibility index (Phi) is 5.05. The third-order valence-electron chi connectivity index (χ3n) is 3.71. The minimum atomic E-state index is -0.125. The van der Waals surface area contributed by atoms with Crippen LogP contribution in [0.25, 0.3) is 10.6 Å². The molecule has 0 bridgehead atoms. The largest absolute Gasteiger partial charge is 0.497 e. The first-order valence-electron chi connectivity index (χ1n) is 7.53. The van der Waals surface area contributed by atoms with Gasteiger partial charge >= 0.3 is 0 Å². The summed E-state index contributed by atoms with van der Waals surface area (Å²) in [6, 6.07) is 7.67. The first kappa shape index (κ1) is 15.7. The number of benzene rings is 1. The van der Waals surface area contributed by atoms with Gasteiger partial charge in [-0.1, -0.05) is 11.6 Å². The summed E-state index contributed by atoms with van der Waals surface area (Å²) >= 11 is 1.47. The summed E-state index contributed by atoms with van der Waals surface area (Å²) in [6.45, 7) is 2.44. The van der Waals surface area contributed by atoms with Crippen molar-refractivity contribution in [3.8, 4) is 16.3 Å². The highest BCUT2D eigenvalue weighted by Crippen LogP contribution is 2.25. The van der Waals surface area contributed by atoms with Crippen LogP contribution in [0.3, 0.4) is 0 Å². The molecule has 1 aromatic carbocycles. The number of amides is 1. The lowest BCUT2D eigenvalue weighted by Crippen LogP contribution is -2.29. The maximum Gasteiger partial charge on any atom is 0.271 e. The molecule has 2 aromatic rings. The quantitative estimate of drug-likeness (QED) is 0.827. The number of nitrogens with one attached hydrogen (secondary N) is 2. The van der Waals surface area contributed by atoms with E-state index in [9.17, 15) is 4.79 Å². The summed E-state index contributed by atoms with van der Waals surface area (Å²) in [7, 11) is 1.64. The van der Waals surface area contributed by atoms with E-state index in [0.717, 1.165) is 35.8 Å². The van der Waals surface area contributed by atoms with Crippen LogP contribution in [-0.4, -0.2) is 37.6 Å². The molecule has 2 heterocycles. The predicted molar refractivity (Wildman–Crippen MR) is 92.0 cm³/mol. The second-order valence-electron chi connectivity index (χ2n) is 5.27. The van der Waals surface area contributed by atoms with Crippen LogP contribution in [0.1, 0.15) is 16.9 Å². The van der Waals surface area contributed by atoms with E-state index < -0.39 is 0 Å². The van der Waals surface area contributed by atoms with Gasteiger partial charge in [0.15, 0.2) is 0 Å². The number of carbonyl (C=O) groups excluding carboxylic acids is 1. The van der Waals surface area contributed by atoms with Gasteiger partial charge < -0.3 is 15.4 Å². The molecule has 3 rings (SSSR count). The Hall–Kier alpha value is -2.18. The van der Waals surface area contributed by atoms with E-state index >= 15 is 0 Å². The highest BCUT2D eigenvalue weighted by Gasteiger charge is 2.12. The van der Waals surface area contributed by atoms with Gasteiger partial charge in [0.2, 0.25) is 0 Å². The Labute approximate surface area is 139 Å². The van der Waals surface area contributed by atoms with E-state index in [2.05, 4.69) is 21.7 Å². The number of nitrogens with zero attached hydrogens (tertiary/aromatic N) is 1. The lowest BCUT2D eigenvalue weighted by Gasteiger charge is -2.14. The molecule has 0 saturated carbocycles. The summed E-state index contributed by atoms with van der Waals surface area (Å²) in [6.07, 6.45) is 3.11. The molecule has 23 heavy (non-hydrogen) atoms. The van der Waals surface area contributed by atoms with Crippen LogP contribution in [-0.2, 0) is 0 Å². The molecule has 1 aromatic heterocycles. The van der Waals surface area contributed by atoms with E-state index in [4.69, 9.17) is 4.74 Å². The lowest BCUT2D eigenvalue weighted by atomic mass is 10.1. The van der Waals surface area contributed by atoms with Gasteiger partial charge in [-0.25, -0.2) is 4.98 Å². The van der Waals surface area contributed by atoms with Crippen molar-refractivity contribution in [2.75, 3.05) is 26.7 Å². The first-order chi connectivity index (χ1) is 11.3. The molecule has 0 fully saturated rings. The summed E-state index contributed by atoms with van der Waals surface area (Å²) in [5.41, 5.74) is 2.72. The highest BCUT2D eigenvalue weighted by atomic mass is 32.1. The Bertz CT molecular complexity index is 707. The monoisotopic (exact) mass is 329 g/mol. The molecule has 0 radical (unpaired) electrons. The maximum absolute atomic E-state index is 12.2. The molecule has 1 aliphatic heterocycles. The van der Waals surface area contributed by atoms with E-state index in [0.29, 0.717) is 12.2 Å². The van der Waals surface area contributed by atoms with Crippen LogP contribution in [0.2, 0.25) is 0 Å². The number of thiazole rings is 1. The summed E-state index contributed by atoms with van der Waals surface area (Å²) < 4.78 is 5.15. The van der Waals surface area contributed by atoms with Crippen molar-refractivity contribution in [1.29, 1.82) is 0 Å². The van der Waals surface area contributed by atoms with E-state index in [1.807, 2.05) is 24.3 Å². The van der Waals surface area contributed by atoms with Crippen LogP contribution < -0.4 is 15.4 Å². The topological polar surface area (TPSA) is 63.2 Å². The van der Waals surface area contributed by atoms with Crippen LogP contribution in [0.4, 0.5) is 0 Å². The fourth-order valence-corrected chi connectivity index (χ4v) is 3.16. The molecule has 0 atom stereocenters. The van der Waals surface area contributed by atoms with Gasteiger partial charge in [-0.05, 0) is 37.2 Å². The molecule has 5 nitrogen and oxygen atoms in total. The average Bonchev–Trinajstić information content (AvgIpc) is 3.11. The smallest absolute Gasteiger partial charge is 0.271 e. The molecule has 0 unspecified atom stereocenters. The molecule has 120 valence electrons. The van der Waals surface area contributed by atoms with E-state index in [1.165, 1.54) is 16.9 Å². The number of carbonyl (C=O) groups is 1. The molecule has 6 heteroatoms. The van der Waals surface area contributed by atoms with Crippen molar-refractivity contribution in [3.05, 3.63) is 47.0 Å². The number of rotatable bonds is 5. The number of hydrogen-bond donors (Lipinski definition) is 2. The normalized spacial score (nSPS) is 14.2. The van der Waals surface area contributed by atoms with Gasteiger partial charge in [0, 0.05) is 24.0 Å². The van der Waals surface area contributed by atoms with Crippen molar-refractivity contribution in [1.82, 2.24) is 15.6 Å². The van der Waals surface area contributed by atoms with Gasteiger partial charge in [-0.2, -0.15) is 0 Å². The number of ether oxygens (including phenoxy) is 1. The van der Waals surface area contributed by atoms with Crippen LogP contribution >= 0.6 is 11.3 Å². The second-order valence-corrected chi connectivity index (χ2v) is 6.12. The SMILES string of the molecule is COc1ccc(-c2nc(C(=O)NCC3=CCNCC3)cs2)cc1. The average molecular weight is 329 g/mol. The predicted octanol–water partition coefficient (Wildman–Crippen LogP) is 2.47. The van der Waals surface area contributed by atoms with Crippen LogP contribution in [0, 0.1) is 0 Å². The first-order valence-corrected chi connectivity index (χ1v) is 8.41.